The summed E-state index contributed by atoms with van der Waals surface area (Å²) in [6.45, 7) is 3.54. The molecule has 0 heterocycles. The van der Waals surface area contributed by atoms with Crippen molar-refractivity contribution in [1.29, 1.82) is 0 Å². The molecular formula is C13H16BrNO2. The van der Waals surface area contributed by atoms with Gasteiger partial charge in [-0.15, -0.1) is 0 Å². The van der Waals surface area contributed by atoms with Crippen LogP contribution in [0.4, 0.5) is 0 Å². The molecule has 1 N–H and O–H groups in total. The summed E-state index contributed by atoms with van der Waals surface area (Å²) < 4.78 is 0.895. The van der Waals surface area contributed by atoms with Crippen LogP contribution in [-0.2, 0) is 4.79 Å². The minimum atomic E-state index is -0.759. The van der Waals surface area contributed by atoms with E-state index < -0.39 is 6.10 Å². The van der Waals surface area contributed by atoms with Crippen molar-refractivity contribution in [1.82, 2.24) is 0 Å². The lowest BCUT2D eigenvalue weighted by molar-refractivity contribution is -0.117. The van der Waals surface area contributed by atoms with Gasteiger partial charge in [0.15, 0.2) is 0 Å². The number of hydrogen-bond donors (Lipinski definition) is 1. The van der Waals surface area contributed by atoms with Gasteiger partial charge in [-0.1, -0.05) is 35.0 Å². The zero-order valence-electron chi connectivity index (χ0n) is 9.98. The van der Waals surface area contributed by atoms with Crippen LogP contribution in [0.3, 0.4) is 0 Å². The molecule has 0 bridgehead atoms. The van der Waals surface area contributed by atoms with E-state index >= 15 is 0 Å². The van der Waals surface area contributed by atoms with E-state index in [4.69, 9.17) is 0 Å². The average molecular weight is 298 g/mol. The summed E-state index contributed by atoms with van der Waals surface area (Å²) in [6, 6.07) is 7.40. The first-order valence-corrected chi connectivity index (χ1v) is 6.39. The summed E-state index contributed by atoms with van der Waals surface area (Å²) in [4.78, 5) is 15.5. The molecule has 1 aromatic rings. The van der Waals surface area contributed by atoms with Crippen LogP contribution < -0.4 is 0 Å². The molecule has 0 aliphatic rings. The van der Waals surface area contributed by atoms with E-state index in [2.05, 4.69) is 20.9 Å². The third-order valence-electron chi connectivity index (χ3n) is 2.23. The van der Waals surface area contributed by atoms with Crippen molar-refractivity contribution in [2.75, 3.05) is 0 Å². The maximum Gasteiger partial charge on any atom is 0.246 e. The van der Waals surface area contributed by atoms with Gasteiger partial charge in [-0.3, -0.25) is 4.79 Å². The Hall–Kier alpha value is -1.00. The largest absolute Gasteiger partial charge is 0.387 e. The second-order valence-corrected chi connectivity index (χ2v) is 4.74. The number of benzene rings is 1. The zero-order valence-corrected chi connectivity index (χ0v) is 11.6. The molecule has 1 unspecified atom stereocenters. The highest BCUT2D eigenvalue weighted by atomic mass is 79.9. The summed E-state index contributed by atoms with van der Waals surface area (Å²) in [6.07, 6.45) is 0.406. The smallest absolute Gasteiger partial charge is 0.246 e. The van der Waals surface area contributed by atoms with Gasteiger partial charge in [0.1, 0.15) is 0 Å². The Kier molecular flexibility index (Phi) is 5.51. The summed E-state index contributed by atoms with van der Waals surface area (Å²) in [5, 5.41) is 9.68. The Labute approximate surface area is 110 Å². The van der Waals surface area contributed by atoms with Gasteiger partial charge in [0.25, 0.3) is 0 Å². The molecule has 3 nitrogen and oxygen atoms in total. The average Bonchev–Trinajstić information content (AvgIpc) is 2.26. The molecule has 1 atom stereocenters. The summed E-state index contributed by atoms with van der Waals surface area (Å²) >= 11 is 3.35. The van der Waals surface area contributed by atoms with Crippen LogP contribution in [0.5, 0.6) is 0 Å². The Balaban J connectivity index is 3.05. The van der Waals surface area contributed by atoms with Crippen molar-refractivity contribution in [3.8, 4) is 0 Å². The number of rotatable bonds is 4. The van der Waals surface area contributed by atoms with E-state index in [1.54, 1.807) is 6.92 Å². The number of amides is 1. The molecule has 0 saturated heterocycles. The van der Waals surface area contributed by atoms with E-state index in [1.807, 2.05) is 31.2 Å². The van der Waals surface area contributed by atoms with E-state index in [1.165, 1.54) is 0 Å². The van der Waals surface area contributed by atoms with Gasteiger partial charge >= 0.3 is 0 Å². The minimum Gasteiger partial charge on any atom is -0.387 e. The van der Waals surface area contributed by atoms with Crippen molar-refractivity contribution in [3.05, 3.63) is 34.3 Å². The van der Waals surface area contributed by atoms with Gasteiger partial charge in [0.05, 0.1) is 11.8 Å². The SMILES string of the molecule is CCCC(=O)N=C(c1cccc(Br)c1)C(C)O. The van der Waals surface area contributed by atoms with Crippen LogP contribution in [0.1, 0.15) is 32.3 Å². The highest BCUT2D eigenvalue weighted by Crippen LogP contribution is 2.14. The number of nitrogens with zero attached hydrogens (tertiary/aromatic N) is 1. The second kappa shape index (κ2) is 6.67. The number of hydrogen-bond acceptors (Lipinski definition) is 2. The monoisotopic (exact) mass is 297 g/mol. The predicted molar refractivity (Wildman–Crippen MR) is 72.3 cm³/mol. The first-order valence-electron chi connectivity index (χ1n) is 5.60. The number of carbonyl (C=O) groups is 1. The highest BCUT2D eigenvalue weighted by molar-refractivity contribution is 9.10. The fourth-order valence-corrected chi connectivity index (χ4v) is 1.85. The normalized spacial score (nSPS) is 13.5. The molecule has 1 rings (SSSR count). The van der Waals surface area contributed by atoms with E-state index in [9.17, 15) is 9.90 Å². The van der Waals surface area contributed by atoms with E-state index in [0.29, 0.717) is 12.1 Å². The molecule has 0 radical (unpaired) electrons. The number of aliphatic imine (C=N–C) groups is 1. The van der Waals surface area contributed by atoms with Gasteiger partial charge in [0.2, 0.25) is 5.91 Å². The van der Waals surface area contributed by atoms with E-state index in [-0.39, 0.29) is 5.91 Å². The van der Waals surface area contributed by atoms with Crippen molar-refractivity contribution in [2.45, 2.75) is 32.8 Å². The fourth-order valence-electron chi connectivity index (χ4n) is 1.45. The molecule has 0 aliphatic carbocycles. The first-order chi connectivity index (χ1) is 8.04. The van der Waals surface area contributed by atoms with Gasteiger partial charge in [-0.25, -0.2) is 4.99 Å². The molecule has 0 spiro atoms. The third kappa shape index (κ3) is 4.40. The molecule has 0 aliphatic heterocycles. The van der Waals surface area contributed by atoms with Gasteiger partial charge in [-0.2, -0.15) is 0 Å². The Morgan fingerprint density at radius 2 is 2.24 bits per heavy atom. The van der Waals surface area contributed by atoms with Crippen molar-refractivity contribution in [3.63, 3.8) is 0 Å². The second-order valence-electron chi connectivity index (χ2n) is 3.83. The zero-order chi connectivity index (χ0) is 12.8. The minimum absolute atomic E-state index is 0.191. The number of carbonyl (C=O) groups excluding carboxylic acids is 1. The van der Waals surface area contributed by atoms with Crippen LogP contribution in [-0.4, -0.2) is 22.8 Å². The number of halogens is 1. The Morgan fingerprint density at radius 3 is 2.76 bits per heavy atom. The lowest BCUT2D eigenvalue weighted by Gasteiger charge is -2.09. The van der Waals surface area contributed by atoms with Crippen molar-refractivity contribution in [2.24, 2.45) is 4.99 Å². The quantitative estimate of drug-likeness (QED) is 0.869. The van der Waals surface area contributed by atoms with Gasteiger partial charge in [0, 0.05) is 10.9 Å². The molecule has 0 aromatic heterocycles. The van der Waals surface area contributed by atoms with Crippen LogP contribution in [0.2, 0.25) is 0 Å². The van der Waals surface area contributed by atoms with Gasteiger partial charge in [-0.05, 0) is 31.0 Å². The van der Waals surface area contributed by atoms with Crippen LogP contribution in [0, 0.1) is 0 Å². The molecule has 0 saturated carbocycles. The third-order valence-corrected chi connectivity index (χ3v) is 2.72. The molecular weight excluding hydrogens is 282 g/mol. The van der Waals surface area contributed by atoms with E-state index in [0.717, 1.165) is 16.5 Å². The summed E-state index contributed by atoms with van der Waals surface area (Å²) in [5.41, 5.74) is 1.18. The Bertz CT molecular complexity index is 427. The standard InChI is InChI=1S/C13H16BrNO2/c1-3-5-12(17)15-13(9(2)16)10-6-4-7-11(14)8-10/h4,6-9,16H,3,5H2,1-2H3. The fraction of sp³-hybridized carbons (Fsp3) is 0.385. The predicted octanol–water partition coefficient (Wildman–Crippen LogP) is 2.95. The summed E-state index contributed by atoms with van der Waals surface area (Å²) in [7, 11) is 0. The number of aliphatic hydroxyl groups excluding tert-OH is 1. The Morgan fingerprint density at radius 1 is 1.53 bits per heavy atom. The molecule has 0 fully saturated rings. The lowest BCUT2D eigenvalue weighted by atomic mass is 10.1. The topological polar surface area (TPSA) is 49.7 Å². The maximum absolute atomic E-state index is 11.5. The maximum atomic E-state index is 11.5. The van der Waals surface area contributed by atoms with Crippen molar-refractivity contribution < 1.29 is 9.90 Å². The highest BCUT2D eigenvalue weighted by Gasteiger charge is 2.12. The first kappa shape index (κ1) is 14.1. The summed E-state index contributed by atoms with van der Waals surface area (Å²) in [5.74, 6) is -0.191. The van der Waals surface area contributed by atoms with Crippen molar-refractivity contribution >= 4 is 27.5 Å². The number of aliphatic hydroxyl groups is 1. The molecule has 1 amide bonds. The molecule has 17 heavy (non-hydrogen) atoms. The molecule has 4 heteroatoms. The van der Waals surface area contributed by atoms with Gasteiger partial charge < -0.3 is 5.11 Å². The van der Waals surface area contributed by atoms with Crippen LogP contribution in [0.25, 0.3) is 0 Å². The van der Waals surface area contributed by atoms with Crippen LogP contribution in [0.15, 0.2) is 33.7 Å². The molecule has 1 aromatic carbocycles. The van der Waals surface area contributed by atoms with Crippen LogP contribution >= 0.6 is 15.9 Å². The lowest BCUT2D eigenvalue weighted by Crippen LogP contribution is -2.19. The molecule has 92 valence electrons.